The van der Waals surface area contributed by atoms with Crippen molar-refractivity contribution in [2.24, 2.45) is 11.8 Å². The summed E-state index contributed by atoms with van der Waals surface area (Å²) in [6, 6.07) is 14.5. The highest BCUT2D eigenvalue weighted by molar-refractivity contribution is 5.84. The van der Waals surface area contributed by atoms with Gasteiger partial charge in [-0.15, -0.1) is 0 Å². The summed E-state index contributed by atoms with van der Waals surface area (Å²) in [7, 11) is 0. The Morgan fingerprint density at radius 1 is 1.12 bits per heavy atom. The van der Waals surface area contributed by atoms with Gasteiger partial charge in [0.2, 0.25) is 5.91 Å². The molecule has 1 saturated heterocycles. The fourth-order valence-corrected chi connectivity index (χ4v) is 4.52. The maximum Gasteiger partial charge on any atom is 0.229 e. The zero-order valence-electron chi connectivity index (χ0n) is 14.9. The van der Waals surface area contributed by atoms with Crippen LogP contribution in [0.25, 0.3) is 11.1 Å². The molecular formula is C22H24FNO2. The van der Waals surface area contributed by atoms with Crippen molar-refractivity contribution in [3.63, 3.8) is 0 Å². The number of rotatable bonds is 3. The number of amides is 1. The zero-order valence-corrected chi connectivity index (χ0v) is 14.9. The molecule has 2 aliphatic rings. The third-order valence-electron chi connectivity index (χ3n) is 5.99. The fourth-order valence-electron chi connectivity index (χ4n) is 4.52. The fraction of sp³-hybridized carbons (Fsp3) is 0.409. The number of hydrogen-bond donors (Lipinski definition) is 1. The van der Waals surface area contributed by atoms with E-state index in [1.165, 1.54) is 6.07 Å². The summed E-state index contributed by atoms with van der Waals surface area (Å²) in [6.45, 7) is 3.28. The van der Waals surface area contributed by atoms with Gasteiger partial charge >= 0.3 is 0 Å². The molecule has 0 bridgehead atoms. The number of aliphatic hydroxyl groups excluding tert-OH is 1. The van der Waals surface area contributed by atoms with E-state index in [1.54, 1.807) is 6.07 Å². The number of hydrogen-bond acceptors (Lipinski definition) is 2. The van der Waals surface area contributed by atoms with Crippen molar-refractivity contribution < 1.29 is 14.3 Å². The Labute approximate surface area is 153 Å². The van der Waals surface area contributed by atoms with Crippen LogP contribution in [-0.2, 0) is 4.79 Å². The van der Waals surface area contributed by atoms with Gasteiger partial charge in [-0.2, -0.15) is 0 Å². The van der Waals surface area contributed by atoms with Crippen molar-refractivity contribution in [1.82, 2.24) is 4.90 Å². The van der Waals surface area contributed by atoms with E-state index in [9.17, 15) is 14.3 Å². The number of halogens is 1. The predicted molar refractivity (Wildman–Crippen MR) is 99.1 cm³/mol. The molecule has 136 valence electrons. The van der Waals surface area contributed by atoms with Gasteiger partial charge in [-0.3, -0.25) is 4.79 Å². The zero-order chi connectivity index (χ0) is 18.3. The molecule has 3 nitrogen and oxygen atoms in total. The highest BCUT2D eigenvalue weighted by Crippen LogP contribution is 2.39. The van der Waals surface area contributed by atoms with Crippen LogP contribution in [0.3, 0.4) is 0 Å². The van der Waals surface area contributed by atoms with Crippen molar-refractivity contribution in [2.75, 3.05) is 13.1 Å². The highest BCUT2D eigenvalue weighted by Gasteiger charge is 2.42. The van der Waals surface area contributed by atoms with E-state index in [1.807, 2.05) is 48.2 Å². The summed E-state index contributed by atoms with van der Waals surface area (Å²) < 4.78 is 14.6. The Morgan fingerprint density at radius 3 is 2.38 bits per heavy atom. The highest BCUT2D eigenvalue weighted by atomic mass is 19.1. The molecule has 1 amide bonds. The molecule has 2 fully saturated rings. The second kappa shape index (κ2) is 6.84. The summed E-state index contributed by atoms with van der Waals surface area (Å²) in [5, 5.41) is 9.75. The second-order valence-corrected chi connectivity index (χ2v) is 7.72. The number of likely N-dealkylation sites (tertiary alicyclic amines) is 1. The smallest absolute Gasteiger partial charge is 0.229 e. The monoisotopic (exact) mass is 353 g/mol. The molecule has 0 spiro atoms. The molecule has 1 saturated carbocycles. The Kier molecular flexibility index (Phi) is 4.53. The number of nitrogens with zero attached hydrogens (tertiary/aromatic N) is 1. The lowest BCUT2D eigenvalue weighted by Gasteiger charge is -2.23. The van der Waals surface area contributed by atoms with Crippen molar-refractivity contribution in [1.29, 1.82) is 0 Å². The summed E-state index contributed by atoms with van der Waals surface area (Å²) in [5.74, 6) is 0.227. The number of benzene rings is 2. The summed E-state index contributed by atoms with van der Waals surface area (Å²) in [4.78, 5) is 14.8. The Balaban J connectivity index is 1.49. The normalized spacial score (nSPS) is 26.0. The van der Waals surface area contributed by atoms with Gasteiger partial charge in [0.25, 0.3) is 0 Å². The first-order valence-corrected chi connectivity index (χ1v) is 9.34. The average Bonchev–Trinajstić information content (AvgIpc) is 3.18. The van der Waals surface area contributed by atoms with Crippen LogP contribution in [0.4, 0.5) is 4.39 Å². The molecular weight excluding hydrogens is 329 g/mol. The first-order chi connectivity index (χ1) is 12.5. The second-order valence-electron chi connectivity index (χ2n) is 7.72. The van der Waals surface area contributed by atoms with E-state index in [0.717, 1.165) is 31.5 Å². The molecule has 1 N–H and O–H groups in total. The summed E-state index contributed by atoms with van der Waals surface area (Å²) in [5.41, 5.74) is 2.10. The molecule has 2 unspecified atom stereocenters. The van der Waals surface area contributed by atoms with Crippen molar-refractivity contribution >= 4 is 5.91 Å². The summed E-state index contributed by atoms with van der Waals surface area (Å²) in [6.07, 6.45) is 1.38. The van der Waals surface area contributed by atoms with Crippen LogP contribution in [-0.4, -0.2) is 35.1 Å². The van der Waals surface area contributed by atoms with E-state index in [4.69, 9.17) is 0 Å². The SMILES string of the molecule is CC(C(=O)N1C[C@H]2CC(O)C[C@H]2C1)c1ccc(-c2ccccc2)c(F)c1. The Hall–Kier alpha value is -2.20. The van der Waals surface area contributed by atoms with Gasteiger partial charge in [0.05, 0.1) is 12.0 Å². The van der Waals surface area contributed by atoms with Crippen molar-refractivity contribution in [3.05, 3.63) is 59.9 Å². The topological polar surface area (TPSA) is 40.5 Å². The van der Waals surface area contributed by atoms with Crippen LogP contribution in [0.2, 0.25) is 0 Å². The predicted octanol–water partition coefficient (Wildman–Crippen LogP) is 3.83. The molecule has 1 aliphatic carbocycles. The molecule has 1 aliphatic heterocycles. The van der Waals surface area contributed by atoms with E-state index >= 15 is 0 Å². The maximum absolute atomic E-state index is 14.6. The molecule has 2 aromatic rings. The third kappa shape index (κ3) is 3.14. The first-order valence-electron chi connectivity index (χ1n) is 9.34. The maximum atomic E-state index is 14.6. The van der Waals surface area contributed by atoms with Crippen LogP contribution < -0.4 is 0 Å². The average molecular weight is 353 g/mol. The largest absolute Gasteiger partial charge is 0.393 e. The lowest BCUT2D eigenvalue weighted by atomic mass is 9.96. The number of carbonyl (C=O) groups is 1. The van der Waals surface area contributed by atoms with Gasteiger partial charge in [-0.25, -0.2) is 4.39 Å². The minimum Gasteiger partial charge on any atom is -0.393 e. The molecule has 4 rings (SSSR count). The summed E-state index contributed by atoms with van der Waals surface area (Å²) >= 11 is 0. The van der Waals surface area contributed by atoms with Gasteiger partial charge in [0.15, 0.2) is 0 Å². The van der Waals surface area contributed by atoms with E-state index in [0.29, 0.717) is 23.0 Å². The van der Waals surface area contributed by atoms with E-state index in [2.05, 4.69) is 0 Å². The molecule has 4 atom stereocenters. The van der Waals surface area contributed by atoms with Crippen LogP contribution >= 0.6 is 0 Å². The molecule has 2 aromatic carbocycles. The number of fused-ring (bicyclic) bond motifs is 1. The van der Waals surface area contributed by atoms with Crippen LogP contribution in [0.1, 0.15) is 31.2 Å². The Bertz CT molecular complexity index is 793. The lowest BCUT2D eigenvalue weighted by Crippen LogP contribution is -2.33. The van der Waals surface area contributed by atoms with Gasteiger partial charge in [0.1, 0.15) is 5.82 Å². The van der Waals surface area contributed by atoms with Crippen LogP contribution in [0.15, 0.2) is 48.5 Å². The standard InChI is InChI=1S/C22H24FNO2/c1-14(22(26)24-12-17-9-19(25)10-18(17)13-24)16-7-8-20(21(23)11-16)15-5-3-2-4-6-15/h2-8,11,14,17-19,25H,9-10,12-13H2,1H3/t14?,17-,18+,19?. The molecule has 1 heterocycles. The van der Waals surface area contributed by atoms with Crippen LogP contribution in [0, 0.1) is 17.7 Å². The Morgan fingerprint density at radius 2 is 1.77 bits per heavy atom. The van der Waals surface area contributed by atoms with Crippen molar-refractivity contribution in [2.45, 2.75) is 31.8 Å². The molecule has 0 radical (unpaired) electrons. The van der Waals surface area contributed by atoms with Crippen LogP contribution in [0.5, 0.6) is 0 Å². The quantitative estimate of drug-likeness (QED) is 0.911. The molecule has 26 heavy (non-hydrogen) atoms. The third-order valence-corrected chi connectivity index (χ3v) is 5.99. The van der Waals surface area contributed by atoms with Gasteiger partial charge in [-0.1, -0.05) is 42.5 Å². The first kappa shape index (κ1) is 17.2. The van der Waals surface area contributed by atoms with E-state index in [-0.39, 0.29) is 23.7 Å². The molecule has 4 heteroatoms. The number of aliphatic hydroxyl groups is 1. The number of carbonyl (C=O) groups excluding carboxylic acids is 1. The minimum absolute atomic E-state index is 0.0563. The lowest BCUT2D eigenvalue weighted by molar-refractivity contribution is -0.131. The van der Waals surface area contributed by atoms with Gasteiger partial charge < -0.3 is 10.0 Å². The van der Waals surface area contributed by atoms with Gasteiger partial charge in [-0.05, 0) is 48.8 Å². The minimum atomic E-state index is -0.363. The van der Waals surface area contributed by atoms with Crippen molar-refractivity contribution in [3.8, 4) is 11.1 Å². The molecule has 0 aromatic heterocycles. The van der Waals surface area contributed by atoms with Gasteiger partial charge in [0, 0.05) is 18.7 Å². The van der Waals surface area contributed by atoms with E-state index < -0.39 is 0 Å².